The standard InChI is InChI=1S/C16H23NO3/c1-4-5-14(16(19)20)17-15(18)9-8-13-7-6-11(2)10-12(13)3/h6-7,10,14H,4-5,8-9H2,1-3H3,(H,17,18)(H,19,20). The summed E-state index contributed by atoms with van der Waals surface area (Å²) >= 11 is 0. The van der Waals surface area contributed by atoms with Crippen LogP contribution in [0.3, 0.4) is 0 Å². The van der Waals surface area contributed by atoms with Crippen LogP contribution in [-0.2, 0) is 16.0 Å². The molecule has 0 aliphatic carbocycles. The highest BCUT2D eigenvalue weighted by Crippen LogP contribution is 2.12. The van der Waals surface area contributed by atoms with Crippen LogP contribution in [0, 0.1) is 13.8 Å². The molecule has 0 fully saturated rings. The summed E-state index contributed by atoms with van der Waals surface area (Å²) in [5, 5.41) is 11.6. The lowest BCUT2D eigenvalue weighted by Gasteiger charge is -2.14. The summed E-state index contributed by atoms with van der Waals surface area (Å²) in [6, 6.07) is 5.37. The SMILES string of the molecule is CCCC(NC(=O)CCc1ccc(C)cc1C)C(=O)O. The number of aliphatic carboxylic acids is 1. The van der Waals surface area contributed by atoms with E-state index in [2.05, 4.69) is 11.4 Å². The van der Waals surface area contributed by atoms with Gasteiger partial charge in [-0.2, -0.15) is 0 Å². The molecule has 4 nitrogen and oxygen atoms in total. The van der Waals surface area contributed by atoms with Crippen LogP contribution in [0.25, 0.3) is 0 Å². The van der Waals surface area contributed by atoms with Gasteiger partial charge in [0, 0.05) is 6.42 Å². The van der Waals surface area contributed by atoms with Crippen molar-refractivity contribution in [1.82, 2.24) is 5.32 Å². The van der Waals surface area contributed by atoms with Gasteiger partial charge in [0.2, 0.25) is 5.91 Å². The molecule has 0 spiro atoms. The predicted octanol–water partition coefficient (Wildman–Crippen LogP) is 2.61. The second-order valence-corrected chi connectivity index (χ2v) is 5.18. The van der Waals surface area contributed by atoms with Gasteiger partial charge in [-0.25, -0.2) is 4.79 Å². The molecule has 110 valence electrons. The summed E-state index contributed by atoms with van der Waals surface area (Å²) < 4.78 is 0. The van der Waals surface area contributed by atoms with Crippen molar-refractivity contribution in [2.45, 2.75) is 52.5 Å². The van der Waals surface area contributed by atoms with Crippen molar-refractivity contribution < 1.29 is 14.7 Å². The first-order valence-corrected chi connectivity index (χ1v) is 7.02. The number of hydrogen-bond acceptors (Lipinski definition) is 2. The Morgan fingerprint density at radius 2 is 2.00 bits per heavy atom. The summed E-state index contributed by atoms with van der Waals surface area (Å²) in [6.45, 7) is 5.96. The van der Waals surface area contributed by atoms with Crippen LogP contribution in [0.2, 0.25) is 0 Å². The van der Waals surface area contributed by atoms with E-state index in [1.807, 2.05) is 32.9 Å². The molecule has 0 radical (unpaired) electrons. The van der Waals surface area contributed by atoms with E-state index in [1.165, 1.54) is 11.1 Å². The minimum Gasteiger partial charge on any atom is -0.480 e. The number of amides is 1. The van der Waals surface area contributed by atoms with Crippen LogP contribution < -0.4 is 5.32 Å². The zero-order chi connectivity index (χ0) is 15.1. The Morgan fingerprint density at radius 3 is 2.55 bits per heavy atom. The Bertz CT molecular complexity index is 483. The minimum absolute atomic E-state index is 0.203. The first kappa shape index (κ1) is 16.2. The Kier molecular flexibility index (Phi) is 6.22. The first-order valence-electron chi connectivity index (χ1n) is 7.02. The van der Waals surface area contributed by atoms with E-state index in [1.54, 1.807) is 0 Å². The number of carboxylic acids is 1. The molecule has 1 aromatic rings. The molecule has 0 saturated carbocycles. The van der Waals surface area contributed by atoms with Gasteiger partial charge in [0.1, 0.15) is 6.04 Å². The fourth-order valence-corrected chi connectivity index (χ4v) is 2.19. The highest BCUT2D eigenvalue weighted by Gasteiger charge is 2.18. The quantitative estimate of drug-likeness (QED) is 0.805. The molecule has 1 rings (SSSR count). The summed E-state index contributed by atoms with van der Waals surface area (Å²) in [5.74, 6) is -1.17. The summed E-state index contributed by atoms with van der Waals surface area (Å²) in [7, 11) is 0. The fourth-order valence-electron chi connectivity index (χ4n) is 2.19. The van der Waals surface area contributed by atoms with Gasteiger partial charge in [-0.3, -0.25) is 4.79 Å². The Hall–Kier alpha value is -1.84. The van der Waals surface area contributed by atoms with E-state index in [0.29, 0.717) is 19.3 Å². The number of hydrogen-bond donors (Lipinski definition) is 2. The van der Waals surface area contributed by atoms with E-state index in [4.69, 9.17) is 5.11 Å². The molecule has 1 aromatic carbocycles. The van der Waals surface area contributed by atoms with Crippen LogP contribution in [0.5, 0.6) is 0 Å². The highest BCUT2D eigenvalue weighted by atomic mass is 16.4. The molecule has 0 saturated heterocycles. The Balaban J connectivity index is 2.52. The van der Waals surface area contributed by atoms with Crippen molar-refractivity contribution in [3.63, 3.8) is 0 Å². The second-order valence-electron chi connectivity index (χ2n) is 5.18. The van der Waals surface area contributed by atoms with Crippen LogP contribution in [-0.4, -0.2) is 23.0 Å². The number of carbonyl (C=O) groups is 2. The van der Waals surface area contributed by atoms with Gasteiger partial charge in [-0.1, -0.05) is 37.1 Å². The molecule has 0 heterocycles. The zero-order valence-electron chi connectivity index (χ0n) is 12.4. The van der Waals surface area contributed by atoms with E-state index in [9.17, 15) is 9.59 Å². The normalized spacial score (nSPS) is 11.9. The van der Waals surface area contributed by atoms with Gasteiger partial charge >= 0.3 is 5.97 Å². The molecule has 4 heteroatoms. The summed E-state index contributed by atoms with van der Waals surface area (Å²) in [4.78, 5) is 22.8. The topological polar surface area (TPSA) is 66.4 Å². The monoisotopic (exact) mass is 277 g/mol. The summed E-state index contributed by atoms with van der Waals surface area (Å²) in [5.41, 5.74) is 3.50. The fraction of sp³-hybridized carbons (Fsp3) is 0.500. The largest absolute Gasteiger partial charge is 0.480 e. The van der Waals surface area contributed by atoms with Crippen molar-refractivity contribution in [2.24, 2.45) is 0 Å². The number of rotatable bonds is 7. The number of benzene rings is 1. The molecule has 1 amide bonds. The van der Waals surface area contributed by atoms with E-state index in [-0.39, 0.29) is 5.91 Å². The number of carboxylic acid groups (broad SMARTS) is 1. The van der Waals surface area contributed by atoms with Crippen LogP contribution in [0.15, 0.2) is 18.2 Å². The molecule has 0 aliphatic heterocycles. The van der Waals surface area contributed by atoms with Gasteiger partial charge in [0.25, 0.3) is 0 Å². The molecule has 1 unspecified atom stereocenters. The lowest BCUT2D eigenvalue weighted by Crippen LogP contribution is -2.40. The molecule has 0 aliphatic rings. The van der Waals surface area contributed by atoms with Gasteiger partial charge < -0.3 is 10.4 Å². The third-order valence-corrected chi connectivity index (χ3v) is 3.33. The molecule has 0 bridgehead atoms. The van der Waals surface area contributed by atoms with Gasteiger partial charge in [0.05, 0.1) is 0 Å². The van der Waals surface area contributed by atoms with Crippen molar-refractivity contribution in [3.05, 3.63) is 34.9 Å². The summed E-state index contributed by atoms with van der Waals surface area (Å²) in [6.07, 6.45) is 2.15. The van der Waals surface area contributed by atoms with Crippen molar-refractivity contribution in [2.75, 3.05) is 0 Å². The molecular formula is C16H23NO3. The van der Waals surface area contributed by atoms with Crippen LogP contribution in [0.4, 0.5) is 0 Å². The zero-order valence-corrected chi connectivity index (χ0v) is 12.4. The number of aryl methyl sites for hydroxylation is 3. The first-order chi connectivity index (χ1) is 9.43. The van der Waals surface area contributed by atoms with Crippen LogP contribution in [0.1, 0.15) is 42.9 Å². The number of carbonyl (C=O) groups excluding carboxylic acids is 1. The molecule has 20 heavy (non-hydrogen) atoms. The molecule has 0 aromatic heterocycles. The van der Waals surface area contributed by atoms with Crippen molar-refractivity contribution in [3.8, 4) is 0 Å². The Morgan fingerprint density at radius 1 is 1.30 bits per heavy atom. The van der Waals surface area contributed by atoms with Gasteiger partial charge in [-0.15, -0.1) is 0 Å². The second kappa shape index (κ2) is 7.68. The van der Waals surface area contributed by atoms with E-state index in [0.717, 1.165) is 12.0 Å². The average Bonchev–Trinajstić information content (AvgIpc) is 2.37. The van der Waals surface area contributed by atoms with E-state index < -0.39 is 12.0 Å². The van der Waals surface area contributed by atoms with Gasteiger partial charge in [0.15, 0.2) is 0 Å². The third kappa shape index (κ3) is 5.03. The molecular weight excluding hydrogens is 254 g/mol. The lowest BCUT2D eigenvalue weighted by molar-refractivity contribution is -0.142. The maximum atomic E-state index is 11.8. The lowest BCUT2D eigenvalue weighted by atomic mass is 10.0. The third-order valence-electron chi connectivity index (χ3n) is 3.33. The van der Waals surface area contributed by atoms with Crippen LogP contribution >= 0.6 is 0 Å². The minimum atomic E-state index is -0.966. The maximum absolute atomic E-state index is 11.8. The molecule has 1 atom stereocenters. The van der Waals surface area contributed by atoms with E-state index >= 15 is 0 Å². The van der Waals surface area contributed by atoms with Crippen molar-refractivity contribution in [1.29, 1.82) is 0 Å². The smallest absolute Gasteiger partial charge is 0.326 e. The molecule has 2 N–H and O–H groups in total. The van der Waals surface area contributed by atoms with Gasteiger partial charge in [-0.05, 0) is 37.8 Å². The predicted molar refractivity (Wildman–Crippen MR) is 78.7 cm³/mol. The number of nitrogens with one attached hydrogen (secondary N) is 1. The Labute approximate surface area is 120 Å². The van der Waals surface area contributed by atoms with Crippen molar-refractivity contribution >= 4 is 11.9 Å². The highest BCUT2D eigenvalue weighted by molar-refractivity contribution is 5.83. The average molecular weight is 277 g/mol. The maximum Gasteiger partial charge on any atom is 0.326 e.